The lowest BCUT2D eigenvalue weighted by Crippen LogP contribution is -1.97. The van der Waals surface area contributed by atoms with Crippen molar-refractivity contribution in [1.29, 1.82) is 0 Å². The Morgan fingerprint density at radius 2 is 2.07 bits per heavy atom. The summed E-state index contributed by atoms with van der Waals surface area (Å²) in [5.41, 5.74) is 1.72. The smallest absolute Gasteiger partial charge is 0.335 e. The number of carbonyl (C=O) groups is 1. The van der Waals surface area contributed by atoms with Gasteiger partial charge in [-0.1, -0.05) is 6.07 Å². The minimum absolute atomic E-state index is 0.0186. The van der Waals surface area contributed by atoms with Crippen LogP contribution in [-0.4, -0.2) is 32.1 Å². The van der Waals surface area contributed by atoms with Crippen LogP contribution >= 0.6 is 0 Å². The number of carboxylic acids is 1. The molecule has 0 bridgehead atoms. The van der Waals surface area contributed by atoms with Gasteiger partial charge in [0.2, 0.25) is 0 Å². The Hall–Kier alpha value is -1.28. The van der Waals surface area contributed by atoms with E-state index in [1.54, 1.807) is 5.48 Å². The molecule has 7 heteroatoms. The monoisotopic (exact) mass is 232 g/mol. The molecule has 1 rings (SSSR count). The largest absolute Gasteiger partial charge is 0.768 e. The van der Waals surface area contributed by atoms with E-state index in [4.69, 9.17) is 10.3 Å². The molecule has 0 amide bonds. The van der Waals surface area contributed by atoms with Gasteiger partial charge in [-0.25, -0.2) is 10.3 Å². The average Bonchev–Trinajstić information content (AvgIpc) is 2.19. The van der Waals surface area contributed by atoms with Gasteiger partial charge in [0.1, 0.15) is 0 Å². The molecule has 6 nitrogen and oxygen atoms in total. The van der Waals surface area contributed by atoms with E-state index in [-0.39, 0.29) is 10.5 Å². The maximum atomic E-state index is 10.4. The lowest BCUT2D eigenvalue weighted by atomic mass is 10.2. The number of hydrogen-bond acceptors (Lipinski definition) is 5. The molecule has 0 radical (unpaired) electrons. The highest BCUT2D eigenvalue weighted by Crippen LogP contribution is 2.07. The molecule has 3 N–H and O–H groups in total. The van der Waals surface area contributed by atoms with E-state index >= 15 is 0 Å². The van der Waals surface area contributed by atoms with E-state index in [2.05, 4.69) is 0 Å². The Morgan fingerprint density at radius 1 is 1.53 bits per heavy atom. The summed E-state index contributed by atoms with van der Waals surface area (Å²) in [6, 6.07) is 5.15. The fraction of sp³-hybridized carbons (Fsp3) is 0.125. The van der Waals surface area contributed by atoms with Gasteiger partial charge >= 0.3 is 5.97 Å². The predicted octanol–water partition coefficient (Wildman–Crippen LogP) is 0.218. The molecule has 0 spiro atoms. The molecule has 15 heavy (non-hydrogen) atoms. The fourth-order valence-electron chi connectivity index (χ4n) is 0.733. The summed E-state index contributed by atoms with van der Waals surface area (Å²) in [4.78, 5) is 10.4. The molecule has 0 aliphatic heterocycles. The van der Waals surface area contributed by atoms with Crippen LogP contribution in [0.1, 0.15) is 10.4 Å². The van der Waals surface area contributed by atoms with Crippen molar-refractivity contribution in [2.45, 2.75) is 4.90 Å². The molecule has 0 saturated carbocycles. The maximum Gasteiger partial charge on any atom is 0.335 e. The van der Waals surface area contributed by atoms with E-state index in [0.717, 1.165) is 6.07 Å². The van der Waals surface area contributed by atoms with Gasteiger partial charge in [-0.05, 0) is 29.3 Å². The molecule has 0 saturated heterocycles. The molecular formula is C8H10NO5S-. The van der Waals surface area contributed by atoms with Gasteiger partial charge in [0.05, 0.1) is 5.56 Å². The number of aromatic carboxylic acids is 1. The first kappa shape index (κ1) is 13.7. The first-order valence-corrected chi connectivity index (χ1v) is 4.84. The molecule has 0 fully saturated rings. The third-order valence-corrected chi connectivity index (χ3v) is 1.91. The number of hydroxylamine groups is 1. The summed E-state index contributed by atoms with van der Waals surface area (Å²) in [5, 5.41) is 15.8. The number of nitrogens with one attached hydrogen (secondary N) is 1. The summed E-state index contributed by atoms with van der Waals surface area (Å²) in [6.07, 6.45) is 0. The highest BCUT2D eigenvalue weighted by molar-refractivity contribution is 7.79. The summed E-state index contributed by atoms with van der Waals surface area (Å²) >= 11 is -2.37. The van der Waals surface area contributed by atoms with Crippen molar-refractivity contribution in [3.05, 3.63) is 29.8 Å². The lowest BCUT2D eigenvalue weighted by molar-refractivity contribution is 0.0696. The Labute approximate surface area is 88.8 Å². The molecule has 0 aliphatic carbocycles. The zero-order valence-corrected chi connectivity index (χ0v) is 8.65. The average molecular weight is 232 g/mol. The quantitative estimate of drug-likeness (QED) is 0.497. The van der Waals surface area contributed by atoms with Crippen molar-refractivity contribution in [1.82, 2.24) is 5.48 Å². The van der Waals surface area contributed by atoms with E-state index < -0.39 is 17.0 Å². The van der Waals surface area contributed by atoms with Gasteiger partial charge in [0.25, 0.3) is 0 Å². The van der Waals surface area contributed by atoms with Crippen LogP contribution in [-0.2, 0) is 11.1 Å². The zero-order chi connectivity index (χ0) is 11.8. The van der Waals surface area contributed by atoms with Crippen molar-refractivity contribution >= 4 is 17.0 Å². The Balaban J connectivity index is 0.000000583. The van der Waals surface area contributed by atoms with Gasteiger partial charge in [-0.15, -0.1) is 0 Å². The second-order valence-electron chi connectivity index (χ2n) is 2.29. The van der Waals surface area contributed by atoms with Gasteiger partial charge in [0.15, 0.2) is 0 Å². The van der Waals surface area contributed by atoms with Crippen LogP contribution in [0.15, 0.2) is 29.2 Å². The molecule has 1 atom stereocenters. The van der Waals surface area contributed by atoms with Crippen LogP contribution in [0, 0.1) is 0 Å². The number of benzene rings is 1. The minimum Gasteiger partial charge on any atom is -0.768 e. The molecule has 1 aromatic carbocycles. The van der Waals surface area contributed by atoms with Crippen molar-refractivity contribution in [3.8, 4) is 0 Å². The SMILES string of the molecule is CNO.O=C(O)c1cccc(S(=O)[O-])c1. The molecule has 84 valence electrons. The van der Waals surface area contributed by atoms with Crippen molar-refractivity contribution in [2.75, 3.05) is 7.05 Å². The third-order valence-electron chi connectivity index (χ3n) is 1.27. The van der Waals surface area contributed by atoms with Gasteiger partial charge < -0.3 is 14.9 Å². The minimum atomic E-state index is -2.37. The number of carboxylic acid groups (broad SMARTS) is 1. The number of rotatable bonds is 2. The summed E-state index contributed by atoms with van der Waals surface area (Å²) in [6.45, 7) is 0. The van der Waals surface area contributed by atoms with Gasteiger partial charge in [0, 0.05) is 11.9 Å². The van der Waals surface area contributed by atoms with Gasteiger partial charge in [-0.2, -0.15) is 0 Å². The first-order valence-electron chi connectivity index (χ1n) is 3.76. The van der Waals surface area contributed by atoms with Crippen molar-refractivity contribution < 1.29 is 23.9 Å². The van der Waals surface area contributed by atoms with Crippen LogP contribution in [0.25, 0.3) is 0 Å². The molecule has 1 unspecified atom stereocenters. The molecule has 0 heterocycles. The Bertz CT molecular complexity index is 325. The number of hydrogen-bond donors (Lipinski definition) is 3. The normalized spacial score (nSPS) is 11.1. The summed E-state index contributed by atoms with van der Waals surface area (Å²) in [5.74, 6) is -1.14. The Kier molecular flexibility index (Phi) is 6.47. The molecule has 0 aromatic heterocycles. The second-order valence-corrected chi connectivity index (χ2v) is 3.23. The highest BCUT2D eigenvalue weighted by atomic mass is 32.2. The van der Waals surface area contributed by atoms with Crippen molar-refractivity contribution in [3.63, 3.8) is 0 Å². The van der Waals surface area contributed by atoms with E-state index in [9.17, 15) is 13.6 Å². The van der Waals surface area contributed by atoms with Crippen LogP contribution in [0.2, 0.25) is 0 Å². The standard InChI is InChI=1S/C7H6O4S.CH5NO/c8-7(9)5-2-1-3-6(4-5)12(10)11;1-2-3/h1-4H,(H,8,9)(H,10,11);2-3H,1H3/p-1. The topological polar surface area (TPSA) is 110 Å². The molecule has 0 aliphatic rings. The molecule has 1 aromatic rings. The van der Waals surface area contributed by atoms with Crippen molar-refractivity contribution in [2.24, 2.45) is 0 Å². The zero-order valence-electron chi connectivity index (χ0n) is 7.84. The Morgan fingerprint density at radius 3 is 2.47 bits per heavy atom. The maximum absolute atomic E-state index is 10.4. The van der Waals surface area contributed by atoms with Crippen LogP contribution in [0.5, 0.6) is 0 Å². The fourth-order valence-corrected chi connectivity index (χ4v) is 1.15. The molecular weight excluding hydrogens is 222 g/mol. The summed E-state index contributed by atoms with van der Waals surface area (Å²) < 4.78 is 20.8. The predicted molar refractivity (Wildman–Crippen MR) is 51.4 cm³/mol. The first-order chi connectivity index (χ1) is 7.02. The lowest BCUT2D eigenvalue weighted by Gasteiger charge is -2.04. The third kappa shape index (κ3) is 5.23. The summed E-state index contributed by atoms with van der Waals surface area (Å²) in [7, 11) is 1.43. The van der Waals surface area contributed by atoms with Crippen LogP contribution in [0.4, 0.5) is 0 Å². The second kappa shape index (κ2) is 7.07. The van der Waals surface area contributed by atoms with E-state index in [1.165, 1.54) is 25.2 Å². The van der Waals surface area contributed by atoms with Crippen LogP contribution in [0.3, 0.4) is 0 Å². The van der Waals surface area contributed by atoms with Crippen LogP contribution < -0.4 is 5.48 Å². The van der Waals surface area contributed by atoms with Gasteiger partial charge in [-0.3, -0.25) is 4.21 Å². The van der Waals surface area contributed by atoms with E-state index in [0.29, 0.717) is 0 Å². The van der Waals surface area contributed by atoms with E-state index in [1.807, 2.05) is 0 Å². The highest BCUT2D eigenvalue weighted by Gasteiger charge is 2.02.